The summed E-state index contributed by atoms with van der Waals surface area (Å²) in [4.78, 5) is 11.8. The lowest BCUT2D eigenvalue weighted by molar-refractivity contribution is -0.119. The van der Waals surface area contributed by atoms with Crippen LogP contribution >= 0.6 is 11.6 Å². The summed E-state index contributed by atoms with van der Waals surface area (Å²) >= 11 is 5.60. The Labute approximate surface area is 125 Å². The minimum Gasteiger partial charge on any atom is -0.319 e. The number of hydrogen-bond acceptors (Lipinski definition) is 2. The summed E-state index contributed by atoms with van der Waals surface area (Å²) in [5, 5.41) is 5.56. The fourth-order valence-corrected chi connectivity index (χ4v) is 1.73. The van der Waals surface area contributed by atoms with Crippen molar-refractivity contribution in [1.29, 1.82) is 0 Å². The number of anilines is 1. The van der Waals surface area contributed by atoms with Gasteiger partial charge < -0.3 is 5.32 Å². The number of amides is 1. The average molecular weight is 340 g/mol. The SMILES string of the molecule is CC(C(=O)Nc1c(F)c(F)c(F)c(F)c1F)n1cc(Cl)cn1. The lowest BCUT2D eigenvalue weighted by Gasteiger charge is -2.14. The molecular formula is C12H7ClF5N3O. The number of carbonyl (C=O) groups excluding carboxylic acids is 1. The Morgan fingerprint density at radius 2 is 1.64 bits per heavy atom. The fourth-order valence-electron chi connectivity index (χ4n) is 1.59. The Balaban J connectivity index is 2.33. The number of hydrogen-bond donors (Lipinski definition) is 1. The van der Waals surface area contributed by atoms with Crippen molar-refractivity contribution in [3.05, 3.63) is 46.5 Å². The van der Waals surface area contributed by atoms with Crippen LogP contribution in [0, 0.1) is 29.1 Å². The van der Waals surface area contributed by atoms with Crippen molar-refractivity contribution < 1.29 is 26.7 Å². The summed E-state index contributed by atoms with van der Waals surface area (Å²) < 4.78 is 66.9. The largest absolute Gasteiger partial charge is 0.319 e. The second kappa shape index (κ2) is 5.91. The van der Waals surface area contributed by atoms with Crippen LogP contribution in [0.2, 0.25) is 5.02 Å². The normalized spacial score (nSPS) is 12.3. The van der Waals surface area contributed by atoms with Crippen molar-refractivity contribution >= 4 is 23.2 Å². The molecular weight excluding hydrogens is 333 g/mol. The van der Waals surface area contributed by atoms with Crippen LogP contribution in [0.1, 0.15) is 13.0 Å². The van der Waals surface area contributed by atoms with Gasteiger partial charge in [-0.2, -0.15) is 5.10 Å². The van der Waals surface area contributed by atoms with E-state index in [1.807, 2.05) is 0 Å². The van der Waals surface area contributed by atoms with Gasteiger partial charge >= 0.3 is 0 Å². The van der Waals surface area contributed by atoms with Gasteiger partial charge in [0.25, 0.3) is 0 Å². The van der Waals surface area contributed by atoms with Gasteiger partial charge in [0.15, 0.2) is 23.3 Å². The molecule has 0 fully saturated rings. The molecule has 0 aliphatic heterocycles. The Morgan fingerprint density at radius 3 is 2.09 bits per heavy atom. The highest BCUT2D eigenvalue weighted by Crippen LogP contribution is 2.27. The molecule has 22 heavy (non-hydrogen) atoms. The van der Waals surface area contributed by atoms with Crippen molar-refractivity contribution in [2.75, 3.05) is 5.32 Å². The average Bonchev–Trinajstić information content (AvgIpc) is 2.93. The highest BCUT2D eigenvalue weighted by atomic mass is 35.5. The molecule has 1 N–H and O–H groups in total. The van der Waals surface area contributed by atoms with Crippen molar-refractivity contribution in [1.82, 2.24) is 9.78 Å². The summed E-state index contributed by atoms with van der Waals surface area (Å²) in [6, 6.07) is -1.09. The van der Waals surface area contributed by atoms with E-state index >= 15 is 0 Å². The fraction of sp³-hybridized carbons (Fsp3) is 0.167. The second-order valence-corrected chi connectivity index (χ2v) is 4.69. The smallest absolute Gasteiger partial charge is 0.249 e. The Bertz CT molecular complexity index is 720. The number of rotatable bonds is 3. The molecule has 0 saturated carbocycles. The summed E-state index contributed by atoms with van der Waals surface area (Å²) in [6.07, 6.45) is 2.47. The van der Waals surface area contributed by atoms with Crippen LogP contribution in [-0.4, -0.2) is 15.7 Å². The number of benzene rings is 1. The first-order valence-corrected chi connectivity index (χ1v) is 6.13. The van der Waals surface area contributed by atoms with Crippen LogP contribution < -0.4 is 5.32 Å². The summed E-state index contributed by atoms with van der Waals surface area (Å²) in [5.41, 5.74) is -1.42. The predicted octanol–water partition coefficient (Wildman–Crippen LogP) is 3.43. The molecule has 1 heterocycles. The van der Waals surface area contributed by atoms with E-state index in [0.29, 0.717) is 0 Å². The van der Waals surface area contributed by atoms with Gasteiger partial charge in [-0.25, -0.2) is 22.0 Å². The van der Waals surface area contributed by atoms with Crippen molar-refractivity contribution in [3.8, 4) is 0 Å². The molecule has 0 saturated heterocycles. The Morgan fingerprint density at radius 1 is 1.14 bits per heavy atom. The summed E-state index contributed by atoms with van der Waals surface area (Å²) in [5.74, 6) is -11.9. The van der Waals surface area contributed by atoms with Crippen molar-refractivity contribution in [2.24, 2.45) is 0 Å². The molecule has 1 aromatic carbocycles. The van der Waals surface area contributed by atoms with Gasteiger partial charge in [0, 0.05) is 6.20 Å². The zero-order valence-electron chi connectivity index (χ0n) is 10.8. The molecule has 0 aliphatic carbocycles. The van der Waals surface area contributed by atoms with E-state index in [2.05, 4.69) is 5.10 Å². The third-order valence-corrected chi connectivity index (χ3v) is 3.00. The first-order valence-electron chi connectivity index (χ1n) is 5.76. The van der Waals surface area contributed by atoms with E-state index in [9.17, 15) is 26.7 Å². The van der Waals surface area contributed by atoms with Gasteiger partial charge in [-0.15, -0.1) is 0 Å². The maximum Gasteiger partial charge on any atom is 0.249 e. The van der Waals surface area contributed by atoms with Gasteiger partial charge in [0.05, 0.1) is 11.2 Å². The second-order valence-electron chi connectivity index (χ2n) is 4.25. The molecule has 4 nitrogen and oxygen atoms in total. The van der Waals surface area contributed by atoms with Crippen LogP contribution in [0.15, 0.2) is 12.4 Å². The third kappa shape index (κ3) is 2.76. The number of nitrogens with one attached hydrogen (secondary N) is 1. The zero-order chi connectivity index (χ0) is 16.6. The standard InChI is InChI=1S/C12H7ClF5N3O/c1-4(21-3-5(13)2-19-21)12(22)20-11-9(17)7(15)6(14)8(16)10(11)18/h2-4H,1H3,(H,20,22). The number of nitrogens with zero attached hydrogens (tertiary/aromatic N) is 2. The highest BCUT2D eigenvalue weighted by molar-refractivity contribution is 6.30. The lowest BCUT2D eigenvalue weighted by atomic mass is 10.2. The molecule has 2 rings (SSSR count). The molecule has 2 aromatic rings. The minimum absolute atomic E-state index is 0.205. The van der Waals surface area contributed by atoms with E-state index in [0.717, 1.165) is 4.68 Å². The molecule has 0 radical (unpaired) electrons. The van der Waals surface area contributed by atoms with Crippen LogP contribution in [0.25, 0.3) is 0 Å². The van der Waals surface area contributed by atoms with Crippen molar-refractivity contribution in [2.45, 2.75) is 13.0 Å². The number of carbonyl (C=O) groups is 1. The van der Waals surface area contributed by atoms with E-state index in [1.54, 1.807) is 5.32 Å². The highest BCUT2D eigenvalue weighted by Gasteiger charge is 2.28. The number of aromatic nitrogens is 2. The molecule has 0 bridgehead atoms. The maximum atomic E-state index is 13.5. The monoisotopic (exact) mass is 339 g/mol. The molecule has 1 unspecified atom stereocenters. The van der Waals surface area contributed by atoms with Gasteiger partial charge in [-0.3, -0.25) is 9.48 Å². The zero-order valence-corrected chi connectivity index (χ0v) is 11.6. The van der Waals surface area contributed by atoms with E-state index in [-0.39, 0.29) is 5.02 Å². The van der Waals surface area contributed by atoms with Crippen LogP contribution in [-0.2, 0) is 4.79 Å². The van der Waals surface area contributed by atoms with Crippen LogP contribution in [0.4, 0.5) is 27.6 Å². The molecule has 1 aromatic heterocycles. The molecule has 10 heteroatoms. The topological polar surface area (TPSA) is 46.9 Å². The molecule has 118 valence electrons. The Hall–Kier alpha value is -2.16. The van der Waals surface area contributed by atoms with E-state index in [1.165, 1.54) is 19.3 Å². The third-order valence-electron chi connectivity index (χ3n) is 2.80. The molecule has 1 amide bonds. The van der Waals surface area contributed by atoms with Gasteiger partial charge in [-0.1, -0.05) is 11.6 Å². The maximum absolute atomic E-state index is 13.5. The van der Waals surface area contributed by atoms with E-state index in [4.69, 9.17) is 11.6 Å². The Kier molecular flexibility index (Phi) is 4.36. The first kappa shape index (κ1) is 16.2. The van der Waals surface area contributed by atoms with Crippen LogP contribution in [0.3, 0.4) is 0 Å². The van der Waals surface area contributed by atoms with Gasteiger partial charge in [0.2, 0.25) is 11.7 Å². The predicted molar refractivity (Wildman–Crippen MR) is 66.8 cm³/mol. The van der Waals surface area contributed by atoms with Crippen molar-refractivity contribution in [3.63, 3.8) is 0 Å². The molecule has 1 atom stereocenters. The van der Waals surface area contributed by atoms with Gasteiger partial charge in [-0.05, 0) is 6.92 Å². The lowest BCUT2D eigenvalue weighted by Crippen LogP contribution is -2.25. The van der Waals surface area contributed by atoms with E-state index < -0.39 is 46.7 Å². The molecule has 0 aliphatic rings. The van der Waals surface area contributed by atoms with Gasteiger partial charge in [0.1, 0.15) is 11.7 Å². The quantitative estimate of drug-likeness (QED) is 0.529. The minimum atomic E-state index is -2.31. The number of halogens is 6. The summed E-state index contributed by atoms with van der Waals surface area (Å²) in [6.45, 7) is 1.30. The van der Waals surface area contributed by atoms with Crippen LogP contribution in [0.5, 0.6) is 0 Å². The summed E-state index contributed by atoms with van der Waals surface area (Å²) in [7, 11) is 0. The first-order chi connectivity index (χ1) is 10.2. The molecule has 0 spiro atoms.